The van der Waals surface area contributed by atoms with E-state index >= 15 is 0 Å². The van der Waals surface area contributed by atoms with Gasteiger partial charge in [0.15, 0.2) is 0 Å². The topological polar surface area (TPSA) is 49.3 Å². The molecule has 3 atom stereocenters. The second-order valence-electron chi connectivity index (χ2n) is 4.44. The Bertz CT molecular complexity index is 337. The average molecular weight is 255 g/mol. The van der Waals surface area contributed by atoms with Gasteiger partial charge in [0.2, 0.25) is 0 Å². The van der Waals surface area contributed by atoms with E-state index in [1.165, 1.54) is 4.88 Å². The Morgan fingerprint density at radius 1 is 1.53 bits per heavy atom. The molecule has 0 radical (unpaired) electrons. The molecule has 3 nitrogen and oxygen atoms in total. The van der Waals surface area contributed by atoms with Crippen molar-refractivity contribution in [1.29, 1.82) is 0 Å². The molecular formula is C13H21NO2S. The van der Waals surface area contributed by atoms with Crippen molar-refractivity contribution in [3.63, 3.8) is 0 Å². The molecule has 1 aromatic rings. The van der Waals surface area contributed by atoms with Gasteiger partial charge in [-0.25, -0.2) is 0 Å². The van der Waals surface area contributed by atoms with Gasteiger partial charge in [-0.15, -0.1) is 11.3 Å². The normalized spacial score (nSPS) is 16.4. The molecule has 1 rings (SSSR count). The summed E-state index contributed by atoms with van der Waals surface area (Å²) in [6.45, 7) is 5.83. The third-order valence-electron chi connectivity index (χ3n) is 3.07. The number of nitrogens with one attached hydrogen (secondary N) is 1. The van der Waals surface area contributed by atoms with Crippen molar-refractivity contribution >= 4 is 17.3 Å². The van der Waals surface area contributed by atoms with E-state index in [-0.39, 0.29) is 18.0 Å². The predicted molar refractivity (Wildman–Crippen MR) is 71.4 cm³/mol. The zero-order valence-corrected chi connectivity index (χ0v) is 11.5. The third-order valence-corrected chi connectivity index (χ3v) is 4.05. The average Bonchev–Trinajstić information content (AvgIpc) is 2.80. The molecule has 0 aliphatic carbocycles. The largest absolute Gasteiger partial charge is 0.481 e. The molecule has 0 aliphatic rings. The number of hydrogen-bond donors (Lipinski definition) is 2. The van der Waals surface area contributed by atoms with E-state index in [9.17, 15) is 4.79 Å². The summed E-state index contributed by atoms with van der Waals surface area (Å²) in [4.78, 5) is 12.2. The van der Waals surface area contributed by atoms with Gasteiger partial charge >= 0.3 is 5.97 Å². The molecule has 0 aliphatic heterocycles. The molecule has 1 heterocycles. The Kier molecular flexibility index (Phi) is 5.65. The number of aliphatic carboxylic acids is 1. The molecule has 0 bridgehead atoms. The monoisotopic (exact) mass is 255 g/mol. The molecule has 3 unspecified atom stereocenters. The minimum absolute atomic E-state index is 0.0221. The standard InChI is InChI=1S/C13H21NO2S/c1-4-6-11(12-7-5-8-17-12)14-10(3)9(2)13(15)16/h5,7-11,14H,4,6H2,1-3H3,(H,15,16). The van der Waals surface area contributed by atoms with Crippen LogP contribution in [0, 0.1) is 5.92 Å². The van der Waals surface area contributed by atoms with Crippen LogP contribution in [0.15, 0.2) is 17.5 Å². The van der Waals surface area contributed by atoms with E-state index < -0.39 is 5.97 Å². The first kappa shape index (κ1) is 14.2. The summed E-state index contributed by atoms with van der Waals surface area (Å²) < 4.78 is 0. The predicted octanol–water partition coefficient (Wildman–Crippen LogP) is 3.29. The van der Waals surface area contributed by atoms with Crippen LogP contribution in [0.2, 0.25) is 0 Å². The summed E-state index contributed by atoms with van der Waals surface area (Å²) >= 11 is 1.72. The highest BCUT2D eigenvalue weighted by molar-refractivity contribution is 7.10. The van der Waals surface area contributed by atoms with Crippen molar-refractivity contribution < 1.29 is 9.90 Å². The molecule has 1 aromatic heterocycles. The van der Waals surface area contributed by atoms with Crippen molar-refractivity contribution in [2.45, 2.75) is 45.7 Å². The molecule has 0 saturated carbocycles. The van der Waals surface area contributed by atoms with Gasteiger partial charge in [-0.1, -0.05) is 26.3 Å². The molecule has 0 amide bonds. The van der Waals surface area contributed by atoms with E-state index in [2.05, 4.69) is 23.7 Å². The Balaban J connectivity index is 2.64. The summed E-state index contributed by atoms with van der Waals surface area (Å²) in [5.41, 5.74) is 0. The summed E-state index contributed by atoms with van der Waals surface area (Å²) in [5.74, 6) is -1.11. The second kappa shape index (κ2) is 6.77. The zero-order chi connectivity index (χ0) is 12.8. The fraction of sp³-hybridized carbons (Fsp3) is 0.615. The van der Waals surface area contributed by atoms with Gasteiger partial charge in [0.25, 0.3) is 0 Å². The maximum Gasteiger partial charge on any atom is 0.307 e. The van der Waals surface area contributed by atoms with Gasteiger partial charge in [0.05, 0.1) is 5.92 Å². The SMILES string of the molecule is CCCC(NC(C)C(C)C(=O)O)c1cccs1. The lowest BCUT2D eigenvalue weighted by molar-refractivity contribution is -0.142. The highest BCUT2D eigenvalue weighted by atomic mass is 32.1. The molecule has 0 saturated heterocycles. The maximum absolute atomic E-state index is 10.9. The molecule has 0 fully saturated rings. The number of carboxylic acids is 1. The smallest absolute Gasteiger partial charge is 0.307 e. The molecule has 0 spiro atoms. The summed E-state index contributed by atoms with van der Waals surface area (Å²) in [7, 11) is 0. The molecular weight excluding hydrogens is 234 g/mol. The minimum atomic E-state index is -0.744. The lowest BCUT2D eigenvalue weighted by Gasteiger charge is -2.24. The van der Waals surface area contributed by atoms with E-state index in [1.807, 2.05) is 13.0 Å². The van der Waals surface area contributed by atoms with Gasteiger partial charge in [-0.05, 0) is 24.8 Å². The first-order chi connectivity index (χ1) is 8.06. The summed E-state index contributed by atoms with van der Waals surface area (Å²) in [6.07, 6.45) is 2.13. The number of carbonyl (C=O) groups is 1. The van der Waals surface area contributed by atoms with E-state index in [4.69, 9.17) is 5.11 Å². The first-order valence-electron chi connectivity index (χ1n) is 6.08. The molecule has 2 N–H and O–H groups in total. The van der Waals surface area contributed by atoms with Gasteiger partial charge in [0, 0.05) is 17.0 Å². The van der Waals surface area contributed by atoms with E-state index in [1.54, 1.807) is 18.3 Å². The molecule has 96 valence electrons. The lowest BCUT2D eigenvalue weighted by Crippen LogP contribution is -2.38. The van der Waals surface area contributed by atoms with Crippen LogP contribution in [0.25, 0.3) is 0 Å². The van der Waals surface area contributed by atoms with Crippen LogP contribution >= 0.6 is 11.3 Å². The van der Waals surface area contributed by atoms with Gasteiger partial charge in [0.1, 0.15) is 0 Å². The van der Waals surface area contributed by atoms with Crippen molar-refractivity contribution in [2.24, 2.45) is 5.92 Å². The second-order valence-corrected chi connectivity index (χ2v) is 5.42. The van der Waals surface area contributed by atoms with E-state index in [0.29, 0.717) is 0 Å². The minimum Gasteiger partial charge on any atom is -0.481 e. The maximum atomic E-state index is 10.9. The first-order valence-corrected chi connectivity index (χ1v) is 6.96. The van der Waals surface area contributed by atoms with Crippen molar-refractivity contribution in [3.8, 4) is 0 Å². The van der Waals surface area contributed by atoms with Crippen LogP contribution in [0.4, 0.5) is 0 Å². The van der Waals surface area contributed by atoms with Gasteiger partial charge in [-0.3, -0.25) is 4.79 Å². The highest BCUT2D eigenvalue weighted by Crippen LogP contribution is 2.24. The molecule has 0 aromatic carbocycles. The highest BCUT2D eigenvalue weighted by Gasteiger charge is 2.22. The quantitative estimate of drug-likeness (QED) is 0.786. The number of thiophene rings is 1. The van der Waals surface area contributed by atoms with Crippen molar-refractivity contribution in [2.75, 3.05) is 0 Å². The lowest BCUT2D eigenvalue weighted by atomic mass is 10.0. The Morgan fingerprint density at radius 3 is 2.71 bits per heavy atom. The van der Waals surface area contributed by atoms with Crippen LogP contribution in [0.5, 0.6) is 0 Å². The van der Waals surface area contributed by atoms with E-state index in [0.717, 1.165) is 12.8 Å². The van der Waals surface area contributed by atoms with Crippen LogP contribution < -0.4 is 5.32 Å². The molecule has 17 heavy (non-hydrogen) atoms. The van der Waals surface area contributed by atoms with Gasteiger partial charge < -0.3 is 10.4 Å². The number of rotatable bonds is 7. The van der Waals surface area contributed by atoms with Crippen molar-refractivity contribution in [1.82, 2.24) is 5.32 Å². The Morgan fingerprint density at radius 2 is 2.24 bits per heavy atom. The third kappa shape index (κ3) is 4.13. The fourth-order valence-corrected chi connectivity index (χ4v) is 2.58. The number of carboxylic acid groups (broad SMARTS) is 1. The molecule has 4 heteroatoms. The summed E-state index contributed by atoms with van der Waals surface area (Å²) in [5, 5.41) is 14.5. The van der Waals surface area contributed by atoms with Crippen LogP contribution in [-0.2, 0) is 4.79 Å². The Labute approximate surface area is 107 Å². The van der Waals surface area contributed by atoms with Crippen molar-refractivity contribution in [3.05, 3.63) is 22.4 Å². The van der Waals surface area contributed by atoms with Crippen LogP contribution in [0.1, 0.15) is 44.5 Å². The van der Waals surface area contributed by atoms with Crippen LogP contribution in [0.3, 0.4) is 0 Å². The fourth-order valence-electron chi connectivity index (χ4n) is 1.76. The Hall–Kier alpha value is -0.870. The van der Waals surface area contributed by atoms with Crippen LogP contribution in [-0.4, -0.2) is 17.1 Å². The summed E-state index contributed by atoms with van der Waals surface area (Å²) in [6, 6.07) is 4.40. The van der Waals surface area contributed by atoms with Gasteiger partial charge in [-0.2, -0.15) is 0 Å². The zero-order valence-electron chi connectivity index (χ0n) is 10.6. The number of hydrogen-bond acceptors (Lipinski definition) is 3.